The molecule has 0 aliphatic carbocycles. The van der Waals surface area contributed by atoms with Crippen LogP contribution in [0.1, 0.15) is 20.3 Å². The molecular formula is C6H15O3P. The van der Waals surface area contributed by atoms with Crippen molar-refractivity contribution in [2.45, 2.75) is 26.4 Å². The largest absolute Gasteiger partial charge is 0.363 e. The minimum Gasteiger partial charge on any atom is -0.363 e. The molecule has 2 unspecified atom stereocenters. The molecule has 4 heteroatoms. The van der Waals surface area contributed by atoms with Crippen molar-refractivity contribution in [3.8, 4) is 0 Å². The summed E-state index contributed by atoms with van der Waals surface area (Å²) in [5, 5.41) is 8.32. The predicted octanol–water partition coefficient (Wildman–Crippen LogP) is 1.70. The van der Waals surface area contributed by atoms with Crippen LogP contribution in [0.3, 0.4) is 0 Å². The molecule has 62 valence electrons. The second-order valence-electron chi connectivity index (χ2n) is 2.69. The third kappa shape index (κ3) is 5.12. The van der Waals surface area contributed by atoms with E-state index in [4.69, 9.17) is 9.78 Å². The van der Waals surface area contributed by atoms with E-state index in [1.807, 2.05) is 0 Å². The molecule has 3 nitrogen and oxygen atoms in total. The van der Waals surface area contributed by atoms with E-state index in [0.717, 1.165) is 6.42 Å². The molecule has 0 spiro atoms. The van der Waals surface area contributed by atoms with Gasteiger partial charge in [-0.15, -0.1) is 0 Å². The van der Waals surface area contributed by atoms with Crippen LogP contribution in [0.15, 0.2) is 0 Å². The fourth-order valence-corrected chi connectivity index (χ4v) is 0.989. The van der Waals surface area contributed by atoms with Gasteiger partial charge in [0.05, 0.1) is 6.61 Å². The van der Waals surface area contributed by atoms with Crippen molar-refractivity contribution in [3.05, 3.63) is 0 Å². The van der Waals surface area contributed by atoms with Gasteiger partial charge in [-0.25, -0.2) is 4.89 Å². The van der Waals surface area contributed by atoms with Gasteiger partial charge in [-0.1, -0.05) is 13.8 Å². The molecule has 0 aromatic heterocycles. The lowest BCUT2D eigenvalue weighted by Gasteiger charge is -2.13. The topological polar surface area (TPSA) is 38.7 Å². The normalized spacial score (nSPS) is 14.1. The fourth-order valence-electron chi connectivity index (χ4n) is 0.775. The average Bonchev–Trinajstić information content (AvgIpc) is 1.86. The number of hydrogen-bond donors (Lipinski definition) is 1. The van der Waals surface area contributed by atoms with Crippen LogP contribution in [0.4, 0.5) is 0 Å². The zero-order valence-corrected chi connectivity index (χ0v) is 7.56. The molecule has 0 radical (unpaired) electrons. The zero-order valence-electron chi connectivity index (χ0n) is 6.41. The van der Waals surface area contributed by atoms with E-state index < -0.39 is 0 Å². The average molecular weight is 166 g/mol. The van der Waals surface area contributed by atoms with E-state index in [-0.39, 0.29) is 6.10 Å². The third-order valence-electron chi connectivity index (χ3n) is 1.17. The molecule has 10 heavy (non-hydrogen) atoms. The van der Waals surface area contributed by atoms with Gasteiger partial charge in [-0.3, -0.25) is 5.26 Å². The Bertz CT molecular complexity index is 77.4. The lowest BCUT2D eigenvalue weighted by molar-refractivity contribution is -0.285. The van der Waals surface area contributed by atoms with E-state index in [9.17, 15) is 0 Å². The highest BCUT2D eigenvalue weighted by atomic mass is 31.0. The first-order valence-corrected chi connectivity index (χ1v) is 3.79. The van der Waals surface area contributed by atoms with Crippen LogP contribution in [-0.2, 0) is 9.41 Å². The van der Waals surface area contributed by atoms with Crippen LogP contribution >= 0.6 is 9.47 Å². The second-order valence-corrected chi connectivity index (χ2v) is 3.02. The summed E-state index contributed by atoms with van der Waals surface area (Å²) in [7, 11) is 2.12. The van der Waals surface area contributed by atoms with Crippen LogP contribution in [0.2, 0.25) is 0 Å². The fraction of sp³-hybridized carbons (Fsp3) is 1.00. The first kappa shape index (κ1) is 10.3. The Morgan fingerprint density at radius 1 is 1.50 bits per heavy atom. The molecule has 0 fully saturated rings. The SMILES string of the molecule is CC(C)CC(COP)OO. The van der Waals surface area contributed by atoms with Crippen LogP contribution in [-0.4, -0.2) is 18.0 Å². The maximum atomic E-state index is 8.32. The van der Waals surface area contributed by atoms with Gasteiger partial charge in [0.25, 0.3) is 0 Å². The maximum absolute atomic E-state index is 8.32. The Morgan fingerprint density at radius 3 is 2.40 bits per heavy atom. The number of rotatable bonds is 5. The van der Waals surface area contributed by atoms with E-state index in [1.54, 1.807) is 0 Å². The minimum atomic E-state index is -0.197. The summed E-state index contributed by atoms with van der Waals surface area (Å²) >= 11 is 0. The summed E-state index contributed by atoms with van der Waals surface area (Å²) < 4.78 is 4.73. The predicted molar refractivity (Wildman–Crippen MR) is 42.6 cm³/mol. The molecule has 0 aliphatic rings. The molecule has 0 rings (SSSR count). The van der Waals surface area contributed by atoms with Crippen LogP contribution in [0, 0.1) is 5.92 Å². The van der Waals surface area contributed by atoms with Gasteiger partial charge in [-0.05, 0) is 12.3 Å². The first-order valence-electron chi connectivity index (χ1n) is 3.32. The van der Waals surface area contributed by atoms with Crippen molar-refractivity contribution in [2.75, 3.05) is 6.61 Å². The molecule has 0 saturated carbocycles. The molecule has 2 atom stereocenters. The molecule has 1 N–H and O–H groups in total. The summed E-state index contributed by atoms with van der Waals surface area (Å²) in [5.41, 5.74) is 0. The lowest BCUT2D eigenvalue weighted by Crippen LogP contribution is -2.18. The highest BCUT2D eigenvalue weighted by molar-refractivity contribution is 7.09. The second kappa shape index (κ2) is 6.05. The molecule has 0 saturated heterocycles. The molecule has 0 aliphatic heterocycles. The van der Waals surface area contributed by atoms with Crippen molar-refractivity contribution >= 4 is 9.47 Å². The van der Waals surface area contributed by atoms with Gasteiger partial charge in [-0.2, -0.15) is 0 Å². The summed E-state index contributed by atoms with van der Waals surface area (Å²) in [6, 6.07) is 0. The molecular weight excluding hydrogens is 151 g/mol. The number of hydrogen-bond acceptors (Lipinski definition) is 3. The third-order valence-corrected chi connectivity index (χ3v) is 1.36. The smallest absolute Gasteiger partial charge is 0.116 e. The van der Waals surface area contributed by atoms with Crippen LogP contribution in [0.25, 0.3) is 0 Å². The Labute approximate surface area is 63.9 Å². The van der Waals surface area contributed by atoms with Gasteiger partial charge in [0.1, 0.15) is 6.10 Å². The summed E-state index contributed by atoms with van der Waals surface area (Å²) in [6.07, 6.45) is 0.614. The van der Waals surface area contributed by atoms with Gasteiger partial charge in [0.15, 0.2) is 0 Å². The van der Waals surface area contributed by atoms with Gasteiger partial charge in [0.2, 0.25) is 0 Å². The quantitative estimate of drug-likeness (QED) is 0.384. The van der Waals surface area contributed by atoms with Crippen molar-refractivity contribution in [2.24, 2.45) is 5.92 Å². The van der Waals surface area contributed by atoms with Gasteiger partial charge in [0, 0.05) is 9.47 Å². The van der Waals surface area contributed by atoms with Crippen molar-refractivity contribution in [1.82, 2.24) is 0 Å². The standard InChI is InChI=1S/C6H15O3P/c1-5(2)3-6(9-7)4-8-10/h5-7H,3-4,10H2,1-2H3. The minimum absolute atomic E-state index is 0.197. The summed E-state index contributed by atoms with van der Waals surface area (Å²) in [4.78, 5) is 4.16. The highest BCUT2D eigenvalue weighted by Crippen LogP contribution is 2.08. The molecule has 0 heterocycles. The Hall–Kier alpha value is 0.310. The van der Waals surface area contributed by atoms with E-state index in [2.05, 4.69) is 28.2 Å². The Morgan fingerprint density at radius 2 is 2.10 bits per heavy atom. The molecule has 0 aromatic carbocycles. The molecule has 0 amide bonds. The monoisotopic (exact) mass is 166 g/mol. The van der Waals surface area contributed by atoms with Gasteiger partial charge < -0.3 is 4.52 Å². The molecule has 0 aromatic rings. The van der Waals surface area contributed by atoms with Crippen molar-refractivity contribution < 1.29 is 14.7 Å². The summed E-state index contributed by atoms with van der Waals surface area (Å²) in [5.74, 6) is 0.511. The van der Waals surface area contributed by atoms with Crippen LogP contribution < -0.4 is 0 Å². The van der Waals surface area contributed by atoms with E-state index in [0.29, 0.717) is 12.5 Å². The maximum Gasteiger partial charge on any atom is 0.116 e. The Balaban J connectivity index is 3.39. The first-order chi connectivity index (χ1) is 4.70. The summed E-state index contributed by atoms with van der Waals surface area (Å²) in [6.45, 7) is 4.54. The highest BCUT2D eigenvalue weighted by Gasteiger charge is 2.09. The zero-order chi connectivity index (χ0) is 7.98. The Kier molecular flexibility index (Phi) is 6.24. The van der Waals surface area contributed by atoms with Gasteiger partial charge >= 0.3 is 0 Å². The van der Waals surface area contributed by atoms with Crippen molar-refractivity contribution in [1.29, 1.82) is 0 Å². The van der Waals surface area contributed by atoms with E-state index in [1.165, 1.54) is 0 Å². The van der Waals surface area contributed by atoms with E-state index >= 15 is 0 Å². The van der Waals surface area contributed by atoms with Crippen molar-refractivity contribution in [3.63, 3.8) is 0 Å². The lowest BCUT2D eigenvalue weighted by atomic mass is 10.1. The van der Waals surface area contributed by atoms with Crippen LogP contribution in [0.5, 0.6) is 0 Å². The molecule has 0 bridgehead atoms.